The highest BCUT2D eigenvalue weighted by Gasteiger charge is 2.11. The van der Waals surface area contributed by atoms with Gasteiger partial charge in [-0.25, -0.2) is 4.98 Å². The Morgan fingerprint density at radius 1 is 1.48 bits per heavy atom. The lowest BCUT2D eigenvalue weighted by Gasteiger charge is -2.05. The number of rotatable bonds is 6. The molecule has 0 spiro atoms. The van der Waals surface area contributed by atoms with Crippen molar-refractivity contribution in [1.29, 1.82) is 0 Å². The lowest BCUT2D eigenvalue weighted by atomic mass is 10.2. The van der Waals surface area contributed by atoms with Crippen LogP contribution in [0.3, 0.4) is 0 Å². The Labute approximate surface area is 130 Å². The number of nitrogens with one attached hydrogen (secondary N) is 1. The Hall–Kier alpha value is -1.57. The van der Waals surface area contributed by atoms with Gasteiger partial charge in [-0.2, -0.15) is 0 Å². The van der Waals surface area contributed by atoms with Gasteiger partial charge in [-0.1, -0.05) is 12.1 Å². The first-order valence-electron chi connectivity index (χ1n) is 6.43. The number of carbonyl (C=O) groups excluding carboxylic acids is 1. The second-order valence-corrected chi connectivity index (χ2v) is 6.91. The van der Waals surface area contributed by atoms with Crippen LogP contribution in [0, 0.1) is 0 Å². The highest BCUT2D eigenvalue weighted by molar-refractivity contribution is 7.83. The SMILES string of the molecule is CS(=O)Cc1cccc(NC(=O)c2csc(CCN)n2)c1. The van der Waals surface area contributed by atoms with Gasteiger partial charge in [0, 0.05) is 40.3 Å². The number of thiazole rings is 1. The number of carbonyl (C=O) groups is 1. The van der Waals surface area contributed by atoms with Crippen LogP contribution >= 0.6 is 11.3 Å². The van der Waals surface area contributed by atoms with Crippen LogP contribution in [-0.2, 0) is 23.0 Å². The second kappa shape index (κ2) is 7.44. The molecule has 0 saturated carbocycles. The molecule has 0 bridgehead atoms. The molecule has 0 fully saturated rings. The lowest BCUT2D eigenvalue weighted by Crippen LogP contribution is -2.13. The first kappa shape index (κ1) is 15.8. The van der Waals surface area contributed by atoms with Gasteiger partial charge in [0.1, 0.15) is 5.69 Å². The topological polar surface area (TPSA) is 85.1 Å². The van der Waals surface area contributed by atoms with Crippen LogP contribution in [-0.4, -0.2) is 27.9 Å². The minimum atomic E-state index is -0.908. The van der Waals surface area contributed by atoms with E-state index in [9.17, 15) is 9.00 Å². The van der Waals surface area contributed by atoms with E-state index < -0.39 is 10.8 Å². The van der Waals surface area contributed by atoms with Crippen molar-refractivity contribution in [2.45, 2.75) is 12.2 Å². The van der Waals surface area contributed by atoms with Gasteiger partial charge in [0.05, 0.1) is 5.01 Å². The Balaban J connectivity index is 2.06. The first-order chi connectivity index (χ1) is 10.1. The molecule has 7 heteroatoms. The maximum atomic E-state index is 12.1. The number of hydrogen-bond acceptors (Lipinski definition) is 5. The van der Waals surface area contributed by atoms with Gasteiger partial charge in [-0.3, -0.25) is 9.00 Å². The van der Waals surface area contributed by atoms with E-state index in [1.807, 2.05) is 18.2 Å². The molecule has 1 amide bonds. The summed E-state index contributed by atoms with van der Waals surface area (Å²) in [6.07, 6.45) is 2.33. The third-order valence-corrected chi connectivity index (χ3v) is 4.35. The Morgan fingerprint density at radius 2 is 2.29 bits per heavy atom. The van der Waals surface area contributed by atoms with Gasteiger partial charge in [0.25, 0.3) is 5.91 Å². The van der Waals surface area contributed by atoms with Crippen molar-refractivity contribution in [3.63, 3.8) is 0 Å². The number of hydrogen-bond donors (Lipinski definition) is 2. The molecular formula is C14H17N3O2S2. The summed E-state index contributed by atoms with van der Waals surface area (Å²) in [5, 5.41) is 5.39. The lowest BCUT2D eigenvalue weighted by molar-refractivity contribution is 0.102. The Kier molecular flexibility index (Phi) is 5.60. The molecule has 0 aliphatic carbocycles. The van der Waals surface area contributed by atoms with Gasteiger partial charge in [0.2, 0.25) is 0 Å². The van der Waals surface area contributed by atoms with Crippen molar-refractivity contribution in [1.82, 2.24) is 4.98 Å². The molecule has 1 heterocycles. The normalized spacial score (nSPS) is 12.1. The number of amides is 1. The average Bonchev–Trinajstić information content (AvgIpc) is 2.87. The number of aromatic nitrogens is 1. The average molecular weight is 323 g/mol. The van der Waals surface area contributed by atoms with Crippen molar-refractivity contribution in [2.75, 3.05) is 18.1 Å². The van der Waals surface area contributed by atoms with E-state index in [4.69, 9.17) is 5.73 Å². The van der Waals surface area contributed by atoms with Gasteiger partial charge >= 0.3 is 0 Å². The number of nitrogens with two attached hydrogens (primary N) is 1. The minimum absolute atomic E-state index is 0.246. The summed E-state index contributed by atoms with van der Waals surface area (Å²) >= 11 is 1.43. The summed E-state index contributed by atoms with van der Waals surface area (Å²) in [5.41, 5.74) is 7.47. The van der Waals surface area contributed by atoms with Crippen LogP contribution in [0.1, 0.15) is 21.1 Å². The standard InChI is InChI=1S/C14H17N3O2S2/c1-21(19)9-10-3-2-4-11(7-10)16-14(18)12-8-20-13(17-12)5-6-15/h2-4,7-8H,5-6,9,15H2,1H3,(H,16,18). The van der Waals surface area contributed by atoms with Gasteiger partial charge in [-0.15, -0.1) is 11.3 Å². The summed E-state index contributed by atoms with van der Waals surface area (Å²) in [7, 11) is -0.908. The minimum Gasteiger partial charge on any atom is -0.330 e. The smallest absolute Gasteiger partial charge is 0.275 e. The number of nitrogens with zero attached hydrogens (tertiary/aromatic N) is 1. The number of benzene rings is 1. The third-order valence-electron chi connectivity index (χ3n) is 2.70. The maximum Gasteiger partial charge on any atom is 0.275 e. The Bertz CT molecular complexity index is 655. The van der Waals surface area contributed by atoms with Crippen molar-refractivity contribution in [3.8, 4) is 0 Å². The van der Waals surface area contributed by atoms with E-state index in [1.165, 1.54) is 11.3 Å². The van der Waals surface area contributed by atoms with Crippen LogP contribution in [0.2, 0.25) is 0 Å². The van der Waals surface area contributed by atoms with Crippen LogP contribution in [0.25, 0.3) is 0 Å². The molecule has 0 aliphatic rings. The molecule has 5 nitrogen and oxygen atoms in total. The van der Waals surface area contributed by atoms with Crippen molar-refractivity contribution < 1.29 is 9.00 Å². The molecule has 1 atom stereocenters. The van der Waals surface area contributed by atoms with E-state index in [0.717, 1.165) is 10.6 Å². The Morgan fingerprint density at radius 3 is 3.00 bits per heavy atom. The molecule has 112 valence electrons. The van der Waals surface area contributed by atoms with Crippen molar-refractivity contribution in [2.24, 2.45) is 5.73 Å². The summed E-state index contributed by atoms with van der Waals surface area (Å²) in [4.78, 5) is 16.4. The summed E-state index contributed by atoms with van der Waals surface area (Å²) in [6.45, 7) is 0.519. The second-order valence-electron chi connectivity index (χ2n) is 4.54. The molecule has 0 aliphatic heterocycles. The molecule has 2 rings (SSSR count). The fourth-order valence-electron chi connectivity index (χ4n) is 1.82. The fourth-order valence-corrected chi connectivity index (χ4v) is 3.27. The molecule has 0 saturated heterocycles. The van der Waals surface area contributed by atoms with Crippen LogP contribution in [0.15, 0.2) is 29.6 Å². The van der Waals surface area contributed by atoms with Crippen molar-refractivity contribution >= 4 is 33.7 Å². The van der Waals surface area contributed by atoms with Gasteiger partial charge in [0.15, 0.2) is 0 Å². The summed E-state index contributed by atoms with van der Waals surface area (Å²) < 4.78 is 11.2. The molecule has 3 N–H and O–H groups in total. The van der Waals surface area contributed by atoms with Crippen LogP contribution in [0.4, 0.5) is 5.69 Å². The first-order valence-corrected chi connectivity index (χ1v) is 9.04. The predicted octanol–water partition coefficient (Wildman–Crippen LogP) is 1.78. The fraction of sp³-hybridized carbons (Fsp3) is 0.286. The summed E-state index contributed by atoms with van der Waals surface area (Å²) in [6, 6.07) is 7.34. The quantitative estimate of drug-likeness (QED) is 0.848. The molecular weight excluding hydrogens is 306 g/mol. The van der Waals surface area contributed by atoms with Gasteiger partial charge < -0.3 is 11.1 Å². The molecule has 21 heavy (non-hydrogen) atoms. The highest BCUT2D eigenvalue weighted by atomic mass is 32.2. The van der Waals surface area contributed by atoms with Crippen LogP contribution in [0.5, 0.6) is 0 Å². The third kappa shape index (κ3) is 4.73. The van der Waals surface area contributed by atoms with E-state index in [2.05, 4.69) is 10.3 Å². The maximum absolute atomic E-state index is 12.1. The van der Waals surface area contributed by atoms with Crippen molar-refractivity contribution in [3.05, 3.63) is 45.9 Å². The molecule has 1 unspecified atom stereocenters. The van der Waals surface area contributed by atoms with E-state index in [-0.39, 0.29) is 5.91 Å². The molecule has 2 aromatic rings. The number of anilines is 1. The zero-order valence-corrected chi connectivity index (χ0v) is 13.3. The predicted molar refractivity (Wildman–Crippen MR) is 87.0 cm³/mol. The molecule has 1 aromatic heterocycles. The summed E-state index contributed by atoms with van der Waals surface area (Å²) in [5.74, 6) is 0.227. The van der Waals surface area contributed by atoms with E-state index in [0.29, 0.717) is 30.1 Å². The zero-order valence-electron chi connectivity index (χ0n) is 11.7. The molecule has 1 aromatic carbocycles. The van der Waals surface area contributed by atoms with E-state index in [1.54, 1.807) is 17.7 Å². The van der Waals surface area contributed by atoms with E-state index >= 15 is 0 Å². The molecule has 0 radical (unpaired) electrons. The van der Waals surface area contributed by atoms with Gasteiger partial charge in [-0.05, 0) is 24.2 Å². The zero-order chi connectivity index (χ0) is 15.2. The monoisotopic (exact) mass is 323 g/mol. The highest BCUT2D eigenvalue weighted by Crippen LogP contribution is 2.15. The van der Waals surface area contributed by atoms with Crippen LogP contribution < -0.4 is 11.1 Å². The largest absolute Gasteiger partial charge is 0.330 e.